The van der Waals surface area contributed by atoms with Crippen LogP contribution >= 0.6 is 0 Å². The number of halogens is 4. The Morgan fingerprint density at radius 2 is 0.929 bits per heavy atom. The van der Waals surface area contributed by atoms with E-state index in [0.29, 0.717) is 0 Å². The third kappa shape index (κ3) is 3.37. The van der Waals surface area contributed by atoms with Gasteiger partial charge in [-0.3, -0.25) is 0 Å². The summed E-state index contributed by atoms with van der Waals surface area (Å²) in [6.45, 7) is 0. The van der Waals surface area contributed by atoms with Crippen molar-refractivity contribution in [3.05, 3.63) is 0 Å². The van der Waals surface area contributed by atoms with Gasteiger partial charge in [0, 0.05) is 0 Å². The van der Waals surface area contributed by atoms with Crippen molar-refractivity contribution < 1.29 is 82.1 Å². The van der Waals surface area contributed by atoms with Crippen LogP contribution in [0.2, 0.25) is 0 Å². The quantitative estimate of drug-likeness (QED) is 0.394. The molecule has 0 aromatic carbocycles. The van der Waals surface area contributed by atoms with Gasteiger partial charge in [-0.15, -0.1) is 0 Å². The van der Waals surface area contributed by atoms with Crippen molar-refractivity contribution in [3.63, 3.8) is 0 Å². The van der Waals surface area contributed by atoms with Crippen molar-refractivity contribution in [2.24, 2.45) is 0 Å². The van der Waals surface area contributed by atoms with Gasteiger partial charge in [0.1, 0.15) is 11.9 Å². The Kier molecular flexibility index (Phi) is 8.27. The summed E-state index contributed by atoms with van der Waals surface area (Å²) in [7, 11) is 0. The maximum absolute atomic E-state index is 11.7. The van der Waals surface area contributed by atoms with Crippen molar-refractivity contribution in [3.8, 4) is 0 Å². The van der Waals surface area contributed by atoms with Crippen LogP contribution in [0.15, 0.2) is 0 Å². The van der Waals surface area contributed by atoms with Crippen LogP contribution in [0.1, 0.15) is 0 Å². The van der Waals surface area contributed by atoms with Crippen LogP contribution < -0.4 is 10.2 Å². The second kappa shape index (κ2) is 5.89. The number of carbonyl (C=O) groups excluding carboxylic acids is 2. The molecule has 0 heterocycles. The van der Waals surface area contributed by atoms with Gasteiger partial charge in [-0.2, -0.15) is 17.6 Å². The fourth-order valence-corrected chi connectivity index (χ4v) is 0.256. The molecule has 90 valence electrons. The molecule has 0 radical (unpaired) electrons. The topological polar surface area (TPSA) is 80.3 Å². The Morgan fingerprint density at radius 3 is 1.00 bits per heavy atom. The molecule has 0 aromatic heterocycles. The predicted molar refractivity (Wildman–Crippen MR) is 19.9 cm³/mol. The van der Waals surface area contributed by atoms with Crippen LogP contribution in [0, 0.1) is 0 Å². The molecule has 0 bridgehead atoms. The fraction of sp³-hybridized carbons (Fsp3) is 0.500. The van der Waals surface area contributed by atoms with Gasteiger partial charge in [-0.05, 0) is 0 Å². The largest absolute Gasteiger partial charge is 1.00 e. The standard InChI is InChI=1S/C4H2F4O4.2Ag/c5-3(6,1(9)10)4(7,8)2(11)12;;/h(H,9,10)(H,11,12);;/q;2*+1/p-2. The van der Waals surface area contributed by atoms with Gasteiger partial charge < -0.3 is 19.8 Å². The minimum atomic E-state index is -5.77. The zero-order valence-corrected chi connectivity index (χ0v) is 8.71. The molecule has 0 aromatic rings. The SMILES string of the molecule is O=C([O-])C(F)(F)C(F)(F)C(=O)[O-].[Ag+].[Ag+]. The maximum atomic E-state index is 11.7. The normalized spacial score (nSPS) is 10.9. The van der Waals surface area contributed by atoms with Gasteiger partial charge in [0.2, 0.25) is 0 Å². The van der Waals surface area contributed by atoms with Crippen LogP contribution in [0.3, 0.4) is 0 Å². The fourth-order valence-electron chi connectivity index (χ4n) is 0.256. The van der Waals surface area contributed by atoms with Crippen molar-refractivity contribution in [1.82, 2.24) is 0 Å². The van der Waals surface area contributed by atoms with Gasteiger partial charge >= 0.3 is 56.6 Å². The Labute approximate surface area is 106 Å². The molecule has 14 heavy (non-hydrogen) atoms. The van der Waals surface area contributed by atoms with E-state index in [-0.39, 0.29) is 44.8 Å². The van der Waals surface area contributed by atoms with E-state index in [1.807, 2.05) is 0 Å². The van der Waals surface area contributed by atoms with E-state index in [1.165, 1.54) is 0 Å². The molecule has 0 saturated heterocycles. The molecule has 0 fully saturated rings. The Hall–Kier alpha value is 0.141. The molecule has 0 amide bonds. The molecule has 0 aliphatic rings. The Balaban J connectivity index is -0.000000605. The average Bonchev–Trinajstić information content (AvgIpc) is 1.86. The summed E-state index contributed by atoms with van der Waals surface area (Å²) >= 11 is 0. The summed E-state index contributed by atoms with van der Waals surface area (Å²) in [5, 5.41) is 18.7. The molecular formula is C4Ag2F4O4. The average molecular weight is 404 g/mol. The van der Waals surface area contributed by atoms with E-state index >= 15 is 0 Å². The van der Waals surface area contributed by atoms with Crippen molar-refractivity contribution >= 4 is 11.9 Å². The summed E-state index contributed by atoms with van der Waals surface area (Å²) in [6.07, 6.45) is 0. The van der Waals surface area contributed by atoms with Gasteiger partial charge in [0.25, 0.3) is 0 Å². The number of alkyl halides is 4. The van der Waals surface area contributed by atoms with E-state index in [2.05, 4.69) is 0 Å². The molecule has 0 unspecified atom stereocenters. The van der Waals surface area contributed by atoms with Crippen LogP contribution in [-0.2, 0) is 54.3 Å². The molecule has 0 saturated carbocycles. The number of aliphatic carboxylic acids is 2. The van der Waals surface area contributed by atoms with Crippen molar-refractivity contribution in [1.29, 1.82) is 0 Å². The van der Waals surface area contributed by atoms with E-state index in [0.717, 1.165) is 0 Å². The van der Waals surface area contributed by atoms with Crippen molar-refractivity contribution in [2.75, 3.05) is 0 Å². The van der Waals surface area contributed by atoms with E-state index in [1.54, 1.807) is 0 Å². The van der Waals surface area contributed by atoms with Gasteiger partial charge in [-0.25, -0.2) is 0 Å². The summed E-state index contributed by atoms with van der Waals surface area (Å²) in [6, 6.07) is 0. The third-order valence-corrected chi connectivity index (χ3v) is 0.907. The van der Waals surface area contributed by atoms with Gasteiger partial charge in [0.15, 0.2) is 0 Å². The van der Waals surface area contributed by atoms with Crippen LogP contribution in [0.4, 0.5) is 17.6 Å². The molecule has 0 atom stereocenters. The number of carboxylic acids is 2. The van der Waals surface area contributed by atoms with Crippen molar-refractivity contribution in [2.45, 2.75) is 11.8 Å². The van der Waals surface area contributed by atoms with Crippen LogP contribution in [0.5, 0.6) is 0 Å². The summed E-state index contributed by atoms with van der Waals surface area (Å²) in [4.78, 5) is 18.7. The van der Waals surface area contributed by atoms with E-state index < -0.39 is 23.8 Å². The Morgan fingerprint density at radius 1 is 0.786 bits per heavy atom. The number of carbonyl (C=O) groups is 2. The first-order valence-corrected chi connectivity index (χ1v) is 2.32. The first kappa shape index (κ1) is 19.7. The van der Waals surface area contributed by atoms with Gasteiger partial charge in [0.05, 0.1) is 0 Å². The third-order valence-electron chi connectivity index (χ3n) is 0.907. The summed E-state index contributed by atoms with van der Waals surface area (Å²) in [5.74, 6) is -18.5. The number of carboxylic acid groups (broad SMARTS) is 2. The number of rotatable bonds is 3. The Bertz CT molecular complexity index is 207. The number of hydrogen-bond donors (Lipinski definition) is 0. The second-order valence-electron chi connectivity index (χ2n) is 1.72. The maximum Gasteiger partial charge on any atom is 1.00 e. The molecule has 0 aliphatic carbocycles. The zero-order chi connectivity index (χ0) is 10.2. The van der Waals surface area contributed by atoms with Crippen LogP contribution in [-0.4, -0.2) is 23.8 Å². The smallest absolute Gasteiger partial charge is 0.544 e. The van der Waals surface area contributed by atoms with E-state index in [9.17, 15) is 37.4 Å². The van der Waals surface area contributed by atoms with Gasteiger partial charge in [-0.1, -0.05) is 0 Å². The predicted octanol–water partition coefficient (Wildman–Crippen LogP) is -2.25. The first-order chi connectivity index (χ1) is 5.14. The molecular weight excluding hydrogens is 404 g/mol. The molecule has 0 aliphatic heterocycles. The molecule has 0 N–H and O–H groups in total. The zero-order valence-electron chi connectivity index (χ0n) is 5.75. The minimum absolute atomic E-state index is 0. The minimum Gasteiger partial charge on any atom is -0.544 e. The summed E-state index contributed by atoms with van der Waals surface area (Å²) in [5.41, 5.74) is 0. The number of hydrogen-bond acceptors (Lipinski definition) is 4. The summed E-state index contributed by atoms with van der Waals surface area (Å²) < 4.78 is 47.0. The molecule has 0 spiro atoms. The molecule has 4 nitrogen and oxygen atoms in total. The van der Waals surface area contributed by atoms with E-state index in [4.69, 9.17) is 0 Å². The molecule has 10 heteroatoms. The molecule has 0 rings (SSSR count). The first-order valence-electron chi connectivity index (χ1n) is 2.32. The second-order valence-corrected chi connectivity index (χ2v) is 1.72. The van der Waals surface area contributed by atoms with Crippen LogP contribution in [0.25, 0.3) is 0 Å². The monoisotopic (exact) mass is 402 g/mol.